The van der Waals surface area contributed by atoms with E-state index in [0.717, 1.165) is 0 Å². The molecule has 0 aliphatic carbocycles. The summed E-state index contributed by atoms with van der Waals surface area (Å²) in [6, 6.07) is 0. The van der Waals surface area contributed by atoms with E-state index in [1.807, 2.05) is 0 Å². The van der Waals surface area contributed by atoms with E-state index in [4.69, 9.17) is 23.2 Å². The van der Waals surface area contributed by atoms with E-state index in [2.05, 4.69) is 4.18 Å². The zero-order valence-electron chi connectivity index (χ0n) is 11.0. The Labute approximate surface area is 124 Å². The van der Waals surface area contributed by atoms with Gasteiger partial charge in [-0.15, -0.1) is 0 Å². The van der Waals surface area contributed by atoms with Crippen molar-refractivity contribution in [2.45, 2.75) is 6.92 Å². The minimum absolute atomic E-state index is 0.102. The molecule has 0 N–H and O–H groups in total. The van der Waals surface area contributed by atoms with Gasteiger partial charge in [0.25, 0.3) is 0 Å². The lowest BCUT2D eigenvalue weighted by Crippen LogP contribution is -2.36. The zero-order valence-corrected chi connectivity index (χ0v) is 13.3. The summed E-state index contributed by atoms with van der Waals surface area (Å²) in [5, 5.41) is -1.22. The van der Waals surface area contributed by atoms with Crippen molar-refractivity contribution in [1.82, 2.24) is 9.80 Å². The van der Waals surface area contributed by atoms with Crippen LogP contribution in [0.15, 0.2) is 0 Å². The number of hydrogen-bond acceptors (Lipinski definition) is 5. The number of rotatable bonds is 5. The van der Waals surface area contributed by atoms with Crippen molar-refractivity contribution in [3.05, 3.63) is 0 Å². The first-order chi connectivity index (χ1) is 8.61. The van der Waals surface area contributed by atoms with Crippen LogP contribution in [-0.4, -0.2) is 64.2 Å². The second-order valence-corrected chi connectivity index (χ2v) is 5.25. The second kappa shape index (κ2) is 11.2. The van der Waals surface area contributed by atoms with Gasteiger partial charge in [0.05, 0.1) is 13.8 Å². The van der Waals surface area contributed by atoms with Gasteiger partial charge in [0.15, 0.2) is 11.1 Å². The first-order valence-electron chi connectivity index (χ1n) is 4.85. The lowest BCUT2D eigenvalue weighted by molar-refractivity contribution is -0.128. The van der Waals surface area contributed by atoms with Gasteiger partial charge in [-0.25, -0.2) is 4.21 Å². The molecule has 0 aliphatic heterocycles. The van der Waals surface area contributed by atoms with Gasteiger partial charge in [-0.1, -0.05) is 0 Å². The van der Waals surface area contributed by atoms with Gasteiger partial charge in [0.1, 0.15) is 5.75 Å². The highest BCUT2D eigenvalue weighted by Gasteiger charge is 2.08. The van der Waals surface area contributed by atoms with Crippen LogP contribution in [0.5, 0.6) is 0 Å². The molecule has 1 unspecified atom stereocenters. The Bertz CT molecular complexity index is 336. The first kappa shape index (κ1) is 20.6. The van der Waals surface area contributed by atoms with Crippen LogP contribution in [-0.2, 0) is 24.9 Å². The van der Waals surface area contributed by atoms with E-state index < -0.39 is 21.7 Å². The maximum absolute atomic E-state index is 10.6. The van der Waals surface area contributed by atoms with E-state index in [0.29, 0.717) is 0 Å². The van der Waals surface area contributed by atoms with Crippen molar-refractivity contribution in [3.63, 3.8) is 0 Å². The SMILES string of the molecule is CC(=O)N(C)CN(C)C(=O)Cl.COS(=O)CC(=O)Cl. The molecule has 19 heavy (non-hydrogen) atoms. The third kappa shape index (κ3) is 13.5. The minimum atomic E-state index is -1.54. The minimum Gasteiger partial charge on any atom is -0.328 e. The lowest BCUT2D eigenvalue weighted by Gasteiger charge is -2.21. The monoisotopic (exact) mass is 334 g/mol. The molecule has 1 atom stereocenters. The summed E-state index contributed by atoms with van der Waals surface area (Å²) in [5.74, 6) is -0.340. The van der Waals surface area contributed by atoms with Gasteiger partial charge in [0, 0.05) is 21.0 Å². The summed E-state index contributed by atoms with van der Waals surface area (Å²) < 4.78 is 14.4. The third-order valence-corrected chi connectivity index (χ3v) is 3.13. The molecule has 10 heteroatoms. The Morgan fingerprint density at radius 3 is 1.84 bits per heavy atom. The van der Waals surface area contributed by atoms with Crippen LogP contribution < -0.4 is 0 Å². The van der Waals surface area contributed by atoms with E-state index in [1.165, 1.54) is 30.9 Å². The molecule has 0 saturated heterocycles. The summed E-state index contributed by atoms with van der Waals surface area (Å²) >= 11 is 8.43. The fraction of sp³-hybridized carbons (Fsp3) is 0.667. The topological polar surface area (TPSA) is 84.0 Å². The molecule has 7 nitrogen and oxygen atoms in total. The molecular weight excluding hydrogens is 319 g/mol. The Morgan fingerprint density at radius 2 is 1.63 bits per heavy atom. The van der Waals surface area contributed by atoms with Crippen LogP contribution >= 0.6 is 23.2 Å². The van der Waals surface area contributed by atoms with Crippen molar-refractivity contribution in [2.24, 2.45) is 0 Å². The predicted octanol–water partition coefficient (Wildman–Crippen LogP) is 0.775. The maximum Gasteiger partial charge on any atom is 0.317 e. The smallest absolute Gasteiger partial charge is 0.317 e. The molecule has 0 fully saturated rings. The van der Waals surface area contributed by atoms with Gasteiger partial charge >= 0.3 is 5.37 Å². The molecule has 0 aromatic rings. The van der Waals surface area contributed by atoms with Crippen LogP contribution in [0.25, 0.3) is 0 Å². The van der Waals surface area contributed by atoms with Crippen molar-refractivity contribution >= 4 is 50.8 Å². The first-order valence-corrected chi connectivity index (χ1v) is 6.85. The number of amides is 2. The molecular formula is C9H16Cl2N2O5S. The highest BCUT2D eigenvalue weighted by molar-refractivity contribution is 7.81. The van der Waals surface area contributed by atoms with Crippen molar-refractivity contribution in [3.8, 4) is 0 Å². The number of hydrogen-bond donors (Lipinski definition) is 0. The molecule has 0 radical (unpaired) electrons. The zero-order chi connectivity index (χ0) is 15.6. The quantitative estimate of drug-likeness (QED) is 0.421. The highest BCUT2D eigenvalue weighted by Crippen LogP contribution is 1.94. The summed E-state index contributed by atoms with van der Waals surface area (Å²) in [5.41, 5.74) is 0. The number of carbonyl (C=O) groups is 3. The van der Waals surface area contributed by atoms with Gasteiger partial charge in [0.2, 0.25) is 11.1 Å². The van der Waals surface area contributed by atoms with Crippen LogP contribution in [0.1, 0.15) is 6.92 Å². The van der Waals surface area contributed by atoms with Gasteiger partial charge in [-0.3, -0.25) is 18.6 Å². The van der Waals surface area contributed by atoms with Crippen LogP contribution in [0, 0.1) is 0 Å². The van der Waals surface area contributed by atoms with E-state index in [-0.39, 0.29) is 18.3 Å². The summed E-state index contributed by atoms with van der Waals surface area (Å²) in [6.07, 6.45) is 0. The highest BCUT2D eigenvalue weighted by atomic mass is 35.5. The molecule has 0 heterocycles. The summed E-state index contributed by atoms with van der Waals surface area (Å²) in [7, 11) is 4.36. The summed E-state index contributed by atoms with van der Waals surface area (Å²) in [4.78, 5) is 33.6. The Balaban J connectivity index is 0. The molecule has 0 bridgehead atoms. The average molecular weight is 335 g/mol. The van der Waals surface area contributed by atoms with Crippen molar-refractivity contribution in [2.75, 3.05) is 33.6 Å². The van der Waals surface area contributed by atoms with E-state index in [1.54, 1.807) is 7.05 Å². The Kier molecular flexibility index (Phi) is 12.1. The molecule has 0 saturated carbocycles. The van der Waals surface area contributed by atoms with E-state index >= 15 is 0 Å². The molecule has 0 aromatic heterocycles. The van der Waals surface area contributed by atoms with E-state index in [9.17, 15) is 18.6 Å². The molecule has 2 amide bonds. The fourth-order valence-electron chi connectivity index (χ4n) is 0.625. The summed E-state index contributed by atoms with van der Waals surface area (Å²) in [6.45, 7) is 1.64. The largest absolute Gasteiger partial charge is 0.328 e. The van der Waals surface area contributed by atoms with Crippen molar-refractivity contribution < 1.29 is 22.8 Å². The lowest BCUT2D eigenvalue weighted by atomic mass is 10.6. The predicted molar refractivity (Wildman–Crippen MR) is 73.2 cm³/mol. The van der Waals surface area contributed by atoms with Gasteiger partial charge < -0.3 is 9.80 Å². The van der Waals surface area contributed by atoms with Gasteiger partial charge in [-0.2, -0.15) is 0 Å². The van der Waals surface area contributed by atoms with Crippen LogP contribution in [0.2, 0.25) is 0 Å². The molecule has 0 aromatic carbocycles. The fourth-order valence-corrected chi connectivity index (χ4v) is 1.25. The number of nitrogens with zero attached hydrogens (tertiary/aromatic N) is 2. The van der Waals surface area contributed by atoms with Crippen LogP contribution in [0.4, 0.5) is 4.79 Å². The number of halogens is 2. The molecule has 112 valence electrons. The second-order valence-electron chi connectivity index (χ2n) is 3.28. The van der Waals surface area contributed by atoms with Gasteiger partial charge in [-0.05, 0) is 23.2 Å². The molecule has 0 spiro atoms. The third-order valence-electron chi connectivity index (χ3n) is 1.68. The van der Waals surface area contributed by atoms with Crippen LogP contribution in [0.3, 0.4) is 0 Å². The van der Waals surface area contributed by atoms with Crippen molar-refractivity contribution in [1.29, 1.82) is 0 Å². The maximum atomic E-state index is 10.6. The average Bonchev–Trinajstić information content (AvgIpc) is 2.28. The standard InChI is InChI=1S/C6H11ClN2O2.C3H5ClO3S/c1-5(10)8(2)4-9(3)6(7)11;1-7-8(6)2-3(4)5/h4H2,1-3H3;2H2,1H3. The Hall–Kier alpha value is -0.700. The Morgan fingerprint density at radius 1 is 1.16 bits per heavy atom. The molecule has 0 aliphatic rings. The normalized spacial score (nSPS) is 10.8. The molecule has 0 rings (SSSR count). The number of carbonyl (C=O) groups excluding carboxylic acids is 3.